The highest BCUT2D eigenvalue weighted by Crippen LogP contribution is 2.51. The number of cyclic esters (lactones) is 2. The van der Waals surface area contributed by atoms with Gasteiger partial charge in [-0.1, -0.05) is 12.2 Å². The SMILES string of the molecule is O=C1OC(=O)[C@@H]2C3C=CC(C3O)C12. The first-order valence-corrected chi connectivity index (χ1v) is 4.32. The Morgan fingerprint density at radius 3 is 2.00 bits per heavy atom. The molecule has 0 spiro atoms. The summed E-state index contributed by atoms with van der Waals surface area (Å²) >= 11 is 0. The highest BCUT2D eigenvalue weighted by Gasteiger charge is 2.62. The standard InChI is InChI=1S/C9H8O4/c10-7-3-1-2-4(7)6-5(3)8(11)13-9(6)12/h1-7,10H/t3?,4?,5-,6?,7?/m1/s1. The average Bonchev–Trinajstić information content (AvgIpc) is 2.67. The fourth-order valence-electron chi connectivity index (χ4n) is 2.73. The largest absolute Gasteiger partial charge is 0.393 e. The highest BCUT2D eigenvalue weighted by atomic mass is 16.6. The fraction of sp³-hybridized carbons (Fsp3) is 0.556. The van der Waals surface area contributed by atoms with Crippen molar-refractivity contribution in [3.63, 3.8) is 0 Å². The van der Waals surface area contributed by atoms with Crippen molar-refractivity contribution in [1.29, 1.82) is 0 Å². The first-order valence-electron chi connectivity index (χ1n) is 4.32. The molecule has 0 aromatic heterocycles. The molecule has 4 heteroatoms. The molecule has 0 aromatic carbocycles. The van der Waals surface area contributed by atoms with Crippen LogP contribution < -0.4 is 0 Å². The van der Waals surface area contributed by atoms with Crippen LogP contribution in [-0.4, -0.2) is 23.1 Å². The number of aliphatic hydroxyl groups excluding tert-OH is 1. The van der Waals surface area contributed by atoms with Gasteiger partial charge in [0.15, 0.2) is 0 Å². The molecule has 68 valence electrons. The van der Waals surface area contributed by atoms with Gasteiger partial charge in [-0.2, -0.15) is 0 Å². The molecule has 2 aliphatic carbocycles. The molecule has 5 atom stereocenters. The summed E-state index contributed by atoms with van der Waals surface area (Å²) in [5.41, 5.74) is 0. The van der Waals surface area contributed by atoms with Gasteiger partial charge in [-0.05, 0) is 0 Å². The molecule has 1 N–H and O–H groups in total. The van der Waals surface area contributed by atoms with Crippen molar-refractivity contribution in [1.82, 2.24) is 0 Å². The lowest BCUT2D eigenvalue weighted by Crippen LogP contribution is -2.21. The molecule has 4 nitrogen and oxygen atoms in total. The van der Waals surface area contributed by atoms with Crippen LogP contribution in [0.15, 0.2) is 12.2 Å². The van der Waals surface area contributed by atoms with E-state index in [1.54, 1.807) is 0 Å². The summed E-state index contributed by atoms with van der Waals surface area (Å²) in [5, 5.41) is 9.65. The van der Waals surface area contributed by atoms with Gasteiger partial charge in [-0.3, -0.25) is 9.59 Å². The molecule has 2 bridgehead atoms. The minimum Gasteiger partial charge on any atom is -0.393 e. The number of hydrogen-bond acceptors (Lipinski definition) is 4. The molecule has 4 unspecified atom stereocenters. The minimum absolute atomic E-state index is 0.200. The van der Waals surface area contributed by atoms with Crippen LogP contribution in [0.5, 0.6) is 0 Å². The summed E-state index contributed by atoms with van der Waals surface area (Å²) in [6.45, 7) is 0. The molecule has 0 radical (unpaired) electrons. The molecule has 3 rings (SSSR count). The summed E-state index contributed by atoms with van der Waals surface area (Å²) in [7, 11) is 0. The Hall–Kier alpha value is -1.16. The molecule has 0 aromatic rings. The quantitative estimate of drug-likeness (QED) is 0.309. The van der Waals surface area contributed by atoms with Crippen LogP contribution in [-0.2, 0) is 14.3 Å². The number of carbonyl (C=O) groups is 2. The number of carbonyl (C=O) groups excluding carboxylic acids is 2. The second kappa shape index (κ2) is 2.01. The van der Waals surface area contributed by atoms with Crippen molar-refractivity contribution in [2.75, 3.05) is 0 Å². The second-order valence-corrected chi connectivity index (χ2v) is 3.82. The number of aliphatic hydroxyl groups is 1. The number of rotatable bonds is 0. The fourth-order valence-corrected chi connectivity index (χ4v) is 2.73. The van der Waals surface area contributed by atoms with Gasteiger partial charge in [-0.15, -0.1) is 0 Å². The number of esters is 2. The minimum atomic E-state index is -0.563. The van der Waals surface area contributed by atoms with Crippen molar-refractivity contribution in [3.05, 3.63) is 12.2 Å². The van der Waals surface area contributed by atoms with Crippen LogP contribution in [0.25, 0.3) is 0 Å². The third kappa shape index (κ3) is 0.659. The zero-order chi connectivity index (χ0) is 9.16. The van der Waals surface area contributed by atoms with Gasteiger partial charge in [0, 0.05) is 11.8 Å². The first kappa shape index (κ1) is 7.26. The lowest BCUT2D eigenvalue weighted by molar-refractivity contribution is -0.155. The Balaban J connectivity index is 2.09. The molecule has 1 saturated heterocycles. The van der Waals surface area contributed by atoms with E-state index in [4.69, 9.17) is 0 Å². The van der Waals surface area contributed by atoms with Crippen molar-refractivity contribution >= 4 is 11.9 Å². The highest BCUT2D eigenvalue weighted by molar-refractivity contribution is 5.98. The van der Waals surface area contributed by atoms with E-state index in [-0.39, 0.29) is 11.8 Å². The van der Waals surface area contributed by atoms with Gasteiger partial charge >= 0.3 is 11.9 Å². The Morgan fingerprint density at radius 2 is 1.54 bits per heavy atom. The van der Waals surface area contributed by atoms with Gasteiger partial charge in [0.05, 0.1) is 17.9 Å². The Kier molecular flexibility index (Phi) is 1.12. The number of fused-ring (bicyclic) bond motifs is 5. The van der Waals surface area contributed by atoms with Crippen LogP contribution in [0.2, 0.25) is 0 Å². The molecule has 13 heavy (non-hydrogen) atoms. The Labute approximate surface area is 74.2 Å². The van der Waals surface area contributed by atoms with Crippen LogP contribution >= 0.6 is 0 Å². The maximum atomic E-state index is 11.2. The van der Waals surface area contributed by atoms with Crippen molar-refractivity contribution in [2.45, 2.75) is 6.10 Å². The van der Waals surface area contributed by atoms with Gasteiger partial charge in [0.2, 0.25) is 0 Å². The third-order valence-corrected chi connectivity index (χ3v) is 3.31. The third-order valence-electron chi connectivity index (χ3n) is 3.31. The van der Waals surface area contributed by atoms with Crippen molar-refractivity contribution < 1.29 is 19.4 Å². The van der Waals surface area contributed by atoms with Crippen LogP contribution in [0.4, 0.5) is 0 Å². The first-order chi connectivity index (χ1) is 6.20. The van der Waals surface area contributed by atoms with Gasteiger partial charge in [0.1, 0.15) is 0 Å². The van der Waals surface area contributed by atoms with E-state index >= 15 is 0 Å². The van der Waals surface area contributed by atoms with Crippen LogP contribution in [0.1, 0.15) is 0 Å². The van der Waals surface area contributed by atoms with E-state index in [1.165, 1.54) is 0 Å². The van der Waals surface area contributed by atoms with Crippen LogP contribution in [0, 0.1) is 23.7 Å². The van der Waals surface area contributed by atoms with Gasteiger partial charge in [-0.25, -0.2) is 0 Å². The van der Waals surface area contributed by atoms with E-state index in [0.29, 0.717) is 0 Å². The summed E-state index contributed by atoms with van der Waals surface area (Å²) < 4.78 is 4.53. The average molecular weight is 180 g/mol. The predicted molar refractivity (Wildman–Crippen MR) is 40.2 cm³/mol. The van der Waals surface area contributed by atoms with Crippen molar-refractivity contribution in [2.24, 2.45) is 23.7 Å². The lowest BCUT2D eigenvalue weighted by Gasteiger charge is -2.11. The molecule has 1 saturated carbocycles. The van der Waals surface area contributed by atoms with E-state index in [1.807, 2.05) is 12.2 Å². The van der Waals surface area contributed by atoms with Gasteiger partial charge < -0.3 is 9.84 Å². The summed E-state index contributed by atoms with van der Waals surface area (Å²) in [5.74, 6) is -2.17. The molecule has 1 heterocycles. The summed E-state index contributed by atoms with van der Waals surface area (Å²) in [4.78, 5) is 22.4. The molecular weight excluding hydrogens is 172 g/mol. The maximum absolute atomic E-state index is 11.2. The zero-order valence-electron chi connectivity index (χ0n) is 6.71. The van der Waals surface area contributed by atoms with Crippen molar-refractivity contribution in [3.8, 4) is 0 Å². The monoisotopic (exact) mass is 180 g/mol. The Bertz CT molecular complexity index is 303. The molecular formula is C9H8O4. The summed E-state index contributed by atoms with van der Waals surface area (Å²) in [6, 6.07) is 0. The molecule has 3 aliphatic rings. The normalized spacial score (nSPS) is 51.3. The second-order valence-electron chi connectivity index (χ2n) is 3.82. The summed E-state index contributed by atoms with van der Waals surface area (Å²) in [6.07, 6.45) is 3.07. The smallest absolute Gasteiger partial charge is 0.318 e. The van der Waals surface area contributed by atoms with Crippen LogP contribution in [0.3, 0.4) is 0 Å². The van der Waals surface area contributed by atoms with Gasteiger partial charge in [0.25, 0.3) is 0 Å². The van der Waals surface area contributed by atoms with E-state index in [0.717, 1.165) is 0 Å². The predicted octanol–water partition coefficient (Wildman–Crippen LogP) is -0.521. The number of ether oxygens (including phenoxy) is 1. The molecule has 2 fully saturated rings. The molecule has 1 aliphatic heterocycles. The van der Waals surface area contributed by atoms with E-state index < -0.39 is 29.9 Å². The Morgan fingerprint density at radius 1 is 1.08 bits per heavy atom. The van der Waals surface area contributed by atoms with E-state index in [2.05, 4.69) is 4.74 Å². The number of hydrogen-bond donors (Lipinski definition) is 1. The van der Waals surface area contributed by atoms with E-state index in [9.17, 15) is 14.7 Å². The molecule has 0 amide bonds. The topological polar surface area (TPSA) is 63.6 Å². The zero-order valence-corrected chi connectivity index (χ0v) is 6.71. The lowest BCUT2D eigenvalue weighted by atomic mass is 9.85. The maximum Gasteiger partial charge on any atom is 0.318 e.